The number of nitrogens with zero attached hydrogens (tertiary/aromatic N) is 1. The SMILES string of the molecule is N#CCSc1ccccc1NC(=O)COC(=O)CCC1CCCCC1. The lowest BCUT2D eigenvalue weighted by Gasteiger charge is -2.20. The zero-order valence-electron chi connectivity index (χ0n) is 14.3. The van der Waals surface area contributed by atoms with Gasteiger partial charge in [0.2, 0.25) is 0 Å². The van der Waals surface area contributed by atoms with Crippen LogP contribution in [0.4, 0.5) is 5.69 Å². The molecule has 1 aromatic rings. The van der Waals surface area contributed by atoms with Gasteiger partial charge >= 0.3 is 5.97 Å². The zero-order valence-corrected chi connectivity index (χ0v) is 15.1. The number of ether oxygens (including phenoxy) is 1. The molecule has 0 unspecified atom stereocenters. The highest BCUT2D eigenvalue weighted by atomic mass is 32.2. The van der Waals surface area contributed by atoms with Crippen molar-refractivity contribution in [3.05, 3.63) is 24.3 Å². The van der Waals surface area contributed by atoms with Crippen LogP contribution in [0.15, 0.2) is 29.2 Å². The molecule has 5 nitrogen and oxygen atoms in total. The number of carbonyl (C=O) groups excluding carboxylic acids is 2. The highest BCUT2D eigenvalue weighted by molar-refractivity contribution is 7.99. The maximum Gasteiger partial charge on any atom is 0.306 e. The van der Waals surface area contributed by atoms with Gasteiger partial charge in [0.1, 0.15) is 0 Å². The molecular formula is C19H24N2O3S. The Balaban J connectivity index is 1.71. The van der Waals surface area contributed by atoms with Crippen LogP contribution in [-0.2, 0) is 14.3 Å². The smallest absolute Gasteiger partial charge is 0.306 e. The first-order valence-corrected chi connectivity index (χ1v) is 9.72. The molecule has 1 fully saturated rings. The molecule has 0 spiro atoms. The molecule has 0 saturated heterocycles. The third-order valence-corrected chi connectivity index (χ3v) is 5.24. The van der Waals surface area contributed by atoms with Crippen LogP contribution in [0, 0.1) is 17.2 Å². The summed E-state index contributed by atoms with van der Waals surface area (Å²) in [7, 11) is 0. The van der Waals surface area contributed by atoms with E-state index >= 15 is 0 Å². The lowest BCUT2D eigenvalue weighted by atomic mass is 9.86. The Morgan fingerprint density at radius 2 is 2.00 bits per heavy atom. The average Bonchev–Trinajstić information content (AvgIpc) is 2.65. The highest BCUT2D eigenvalue weighted by Gasteiger charge is 2.16. The van der Waals surface area contributed by atoms with Crippen LogP contribution in [0.25, 0.3) is 0 Å². The Labute approximate surface area is 153 Å². The van der Waals surface area contributed by atoms with Crippen molar-refractivity contribution in [3.63, 3.8) is 0 Å². The van der Waals surface area contributed by atoms with Crippen LogP contribution in [0.3, 0.4) is 0 Å². The third-order valence-electron chi connectivity index (χ3n) is 4.30. The molecule has 2 rings (SSSR count). The molecule has 1 amide bonds. The molecule has 6 heteroatoms. The van der Waals surface area contributed by atoms with E-state index in [-0.39, 0.29) is 18.5 Å². The van der Waals surface area contributed by atoms with E-state index in [0.29, 0.717) is 23.8 Å². The summed E-state index contributed by atoms with van der Waals surface area (Å²) in [6.45, 7) is -0.277. The number of hydrogen-bond donors (Lipinski definition) is 1. The summed E-state index contributed by atoms with van der Waals surface area (Å²) < 4.78 is 5.08. The Kier molecular flexibility index (Phi) is 8.33. The van der Waals surface area contributed by atoms with E-state index in [1.54, 1.807) is 6.07 Å². The van der Waals surface area contributed by atoms with Crippen LogP contribution < -0.4 is 5.32 Å². The number of hydrogen-bond acceptors (Lipinski definition) is 5. The number of nitriles is 1. The van der Waals surface area contributed by atoms with Crippen molar-refractivity contribution in [3.8, 4) is 6.07 Å². The quantitative estimate of drug-likeness (QED) is 0.556. The number of amides is 1. The minimum atomic E-state index is -0.365. The number of para-hydroxylation sites is 1. The van der Waals surface area contributed by atoms with Gasteiger partial charge in [-0.2, -0.15) is 5.26 Å². The van der Waals surface area contributed by atoms with Crippen molar-refractivity contribution in [1.82, 2.24) is 0 Å². The molecule has 1 aromatic carbocycles. The fourth-order valence-corrected chi connectivity index (χ4v) is 3.68. The standard InChI is InChI=1S/C19H24N2O3S/c20-12-13-25-17-9-5-4-8-16(17)21-18(22)14-24-19(23)11-10-15-6-2-1-3-7-15/h4-5,8-9,15H,1-3,6-7,10-11,13-14H2,(H,21,22). The summed E-state index contributed by atoms with van der Waals surface area (Å²) in [6.07, 6.45) is 7.45. The number of nitrogens with one attached hydrogen (secondary N) is 1. The minimum absolute atomic E-state index is 0.277. The highest BCUT2D eigenvalue weighted by Crippen LogP contribution is 2.28. The Bertz CT molecular complexity index is 621. The summed E-state index contributed by atoms with van der Waals surface area (Å²) >= 11 is 1.35. The molecule has 0 aromatic heterocycles. The van der Waals surface area contributed by atoms with Crippen molar-refractivity contribution in [2.75, 3.05) is 17.7 Å². The van der Waals surface area contributed by atoms with Gasteiger partial charge < -0.3 is 10.1 Å². The van der Waals surface area contributed by atoms with E-state index < -0.39 is 0 Å². The van der Waals surface area contributed by atoms with Crippen molar-refractivity contribution < 1.29 is 14.3 Å². The van der Waals surface area contributed by atoms with E-state index in [0.717, 1.165) is 11.3 Å². The van der Waals surface area contributed by atoms with Crippen LogP contribution in [-0.4, -0.2) is 24.2 Å². The molecule has 25 heavy (non-hydrogen) atoms. The second-order valence-corrected chi connectivity index (χ2v) is 7.21. The monoisotopic (exact) mass is 360 g/mol. The topological polar surface area (TPSA) is 79.2 Å². The Morgan fingerprint density at radius 1 is 1.24 bits per heavy atom. The molecule has 0 radical (unpaired) electrons. The molecular weight excluding hydrogens is 336 g/mol. The van der Waals surface area contributed by atoms with Gasteiger partial charge in [0, 0.05) is 11.3 Å². The van der Waals surface area contributed by atoms with Crippen molar-refractivity contribution >= 4 is 29.3 Å². The number of thioether (sulfide) groups is 1. The predicted octanol–water partition coefficient (Wildman–Crippen LogP) is 4.14. The first-order valence-electron chi connectivity index (χ1n) is 8.73. The Hall–Kier alpha value is -2.00. The van der Waals surface area contributed by atoms with E-state index in [4.69, 9.17) is 10.00 Å². The lowest BCUT2D eigenvalue weighted by Crippen LogP contribution is -2.21. The number of benzene rings is 1. The molecule has 0 aliphatic heterocycles. The summed E-state index contributed by atoms with van der Waals surface area (Å²) in [5, 5.41) is 11.4. The zero-order chi connectivity index (χ0) is 17.9. The fraction of sp³-hybridized carbons (Fsp3) is 0.526. The molecule has 1 saturated carbocycles. The maximum absolute atomic E-state index is 12.0. The molecule has 0 heterocycles. The first-order chi connectivity index (χ1) is 12.2. The normalized spacial score (nSPS) is 14.5. The molecule has 1 aliphatic rings. The molecule has 1 N–H and O–H groups in total. The van der Waals surface area contributed by atoms with Gasteiger partial charge in [0.15, 0.2) is 6.61 Å². The molecule has 1 aliphatic carbocycles. The van der Waals surface area contributed by atoms with Gasteiger partial charge in [0.25, 0.3) is 5.91 Å². The third kappa shape index (κ3) is 7.18. The number of anilines is 1. The van der Waals surface area contributed by atoms with E-state index in [2.05, 4.69) is 11.4 Å². The van der Waals surface area contributed by atoms with E-state index in [1.165, 1.54) is 43.9 Å². The fourth-order valence-electron chi connectivity index (χ4n) is 3.01. The van der Waals surface area contributed by atoms with Gasteiger partial charge in [-0.3, -0.25) is 9.59 Å². The van der Waals surface area contributed by atoms with Gasteiger partial charge in [-0.15, -0.1) is 11.8 Å². The number of esters is 1. The van der Waals surface area contributed by atoms with Crippen molar-refractivity contribution in [1.29, 1.82) is 5.26 Å². The first kappa shape index (κ1) is 19.3. The average molecular weight is 360 g/mol. The van der Waals surface area contributed by atoms with Crippen molar-refractivity contribution in [2.24, 2.45) is 5.92 Å². The number of rotatable bonds is 8. The van der Waals surface area contributed by atoms with Crippen LogP contribution in [0.5, 0.6) is 0 Å². The second kappa shape index (κ2) is 10.8. The van der Waals surface area contributed by atoms with Crippen LogP contribution in [0.2, 0.25) is 0 Å². The van der Waals surface area contributed by atoms with Gasteiger partial charge in [-0.25, -0.2) is 0 Å². The summed E-state index contributed by atoms with van der Waals surface area (Å²) in [6, 6.07) is 9.32. The van der Waals surface area contributed by atoms with Crippen molar-refractivity contribution in [2.45, 2.75) is 49.8 Å². The van der Waals surface area contributed by atoms with Gasteiger partial charge in [-0.05, 0) is 24.5 Å². The van der Waals surface area contributed by atoms with Crippen LogP contribution in [0.1, 0.15) is 44.9 Å². The summed E-state index contributed by atoms with van der Waals surface area (Å²) in [4.78, 5) is 24.6. The summed E-state index contributed by atoms with van der Waals surface area (Å²) in [5.41, 5.74) is 0.631. The second-order valence-electron chi connectivity index (χ2n) is 6.19. The maximum atomic E-state index is 12.0. The van der Waals surface area contributed by atoms with Gasteiger partial charge in [0.05, 0.1) is 17.5 Å². The molecule has 0 atom stereocenters. The predicted molar refractivity (Wildman–Crippen MR) is 98.2 cm³/mol. The lowest BCUT2D eigenvalue weighted by molar-refractivity contribution is -0.147. The van der Waals surface area contributed by atoms with Gasteiger partial charge in [-0.1, -0.05) is 44.2 Å². The largest absolute Gasteiger partial charge is 0.456 e. The minimum Gasteiger partial charge on any atom is -0.456 e. The number of carbonyl (C=O) groups is 2. The molecule has 134 valence electrons. The van der Waals surface area contributed by atoms with E-state index in [9.17, 15) is 9.59 Å². The molecule has 0 bridgehead atoms. The Morgan fingerprint density at radius 3 is 2.76 bits per heavy atom. The van der Waals surface area contributed by atoms with E-state index in [1.807, 2.05) is 18.2 Å². The van der Waals surface area contributed by atoms with Crippen LogP contribution >= 0.6 is 11.8 Å². The summed E-state index contributed by atoms with van der Waals surface area (Å²) in [5.74, 6) is 0.256.